The molecule has 0 bridgehead atoms. The van der Waals surface area contributed by atoms with Crippen LogP contribution in [0.15, 0.2) is 48.7 Å². The summed E-state index contributed by atoms with van der Waals surface area (Å²) < 4.78 is 7.41. The number of rotatable bonds is 5. The van der Waals surface area contributed by atoms with Gasteiger partial charge in [-0.3, -0.25) is 9.48 Å². The first-order valence-corrected chi connectivity index (χ1v) is 8.66. The average Bonchev–Trinajstić information content (AvgIpc) is 3.05. The molecule has 0 saturated carbocycles. The zero-order valence-electron chi connectivity index (χ0n) is 14.1. The van der Waals surface area contributed by atoms with Crippen molar-refractivity contribution in [3.63, 3.8) is 0 Å². The summed E-state index contributed by atoms with van der Waals surface area (Å²) in [6.07, 6.45) is 3.15. The van der Waals surface area contributed by atoms with Gasteiger partial charge in [-0.15, -0.1) is 0 Å². The summed E-state index contributed by atoms with van der Waals surface area (Å²) in [6, 6.07) is 14.3. The molecular formula is C20H21N3O2. The number of ether oxygens (including phenoxy) is 1. The van der Waals surface area contributed by atoms with Crippen LogP contribution in [0.5, 0.6) is 0 Å². The first-order chi connectivity index (χ1) is 12.3. The normalized spacial score (nSPS) is 13.6. The van der Waals surface area contributed by atoms with Crippen molar-refractivity contribution in [2.75, 3.05) is 13.2 Å². The first kappa shape index (κ1) is 15.8. The smallest absolute Gasteiger partial charge is 0.224 e. The molecule has 1 aromatic heterocycles. The molecule has 5 nitrogen and oxygen atoms in total. The lowest BCUT2D eigenvalue weighted by molar-refractivity contribution is -0.120. The van der Waals surface area contributed by atoms with E-state index in [9.17, 15) is 4.79 Å². The molecule has 1 aliphatic rings. The summed E-state index contributed by atoms with van der Waals surface area (Å²) in [7, 11) is 0. The van der Waals surface area contributed by atoms with Crippen LogP contribution >= 0.6 is 0 Å². The van der Waals surface area contributed by atoms with Gasteiger partial charge in [0.2, 0.25) is 5.91 Å². The molecule has 1 N–H and O–H groups in total. The molecule has 0 saturated heterocycles. The third-order valence-corrected chi connectivity index (χ3v) is 4.65. The van der Waals surface area contributed by atoms with Crippen LogP contribution in [0.4, 0.5) is 0 Å². The summed E-state index contributed by atoms with van der Waals surface area (Å²) >= 11 is 0. The van der Waals surface area contributed by atoms with Gasteiger partial charge in [-0.1, -0.05) is 42.5 Å². The minimum Gasteiger partial charge on any atom is -0.376 e. The first-order valence-electron chi connectivity index (χ1n) is 8.66. The van der Waals surface area contributed by atoms with Crippen molar-refractivity contribution in [2.24, 2.45) is 0 Å². The SMILES string of the molecule is O=C(Cc1cccc2ccccc12)NCCn1ncc2c1CCOC2. The molecule has 0 atom stereocenters. The lowest BCUT2D eigenvalue weighted by Crippen LogP contribution is -2.29. The molecule has 0 radical (unpaired) electrons. The minimum absolute atomic E-state index is 0.0423. The van der Waals surface area contributed by atoms with Gasteiger partial charge in [-0.05, 0) is 16.3 Å². The molecule has 1 aliphatic heterocycles. The largest absolute Gasteiger partial charge is 0.376 e. The number of nitrogens with zero attached hydrogens (tertiary/aromatic N) is 2. The third-order valence-electron chi connectivity index (χ3n) is 4.65. The Morgan fingerprint density at radius 1 is 1.20 bits per heavy atom. The predicted molar refractivity (Wildman–Crippen MR) is 96.2 cm³/mol. The fourth-order valence-electron chi connectivity index (χ4n) is 3.39. The number of carbonyl (C=O) groups is 1. The summed E-state index contributed by atoms with van der Waals surface area (Å²) in [4.78, 5) is 12.3. The second-order valence-corrected chi connectivity index (χ2v) is 6.31. The van der Waals surface area contributed by atoms with Crippen molar-refractivity contribution in [3.8, 4) is 0 Å². The molecule has 2 aromatic carbocycles. The Hall–Kier alpha value is -2.66. The van der Waals surface area contributed by atoms with Crippen LogP contribution in [-0.2, 0) is 35.5 Å². The van der Waals surface area contributed by atoms with Gasteiger partial charge in [-0.2, -0.15) is 5.10 Å². The number of aromatic nitrogens is 2. The maximum Gasteiger partial charge on any atom is 0.224 e. The fraction of sp³-hybridized carbons (Fsp3) is 0.300. The summed E-state index contributed by atoms with van der Waals surface area (Å²) in [5, 5.41) is 9.72. The average molecular weight is 335 g/mol. The van der Waals surface area contributed by atoms with E-state index in [1.165, 1.54) is 5.69 Å². The molecule has 4 rings (SSSR count). The summed E-state index contributed by atoms with van der Waals surface area (Å²) in [5.41, 5.74) is 3.45. The molecule has 1 amide bonds. The highest BCUT2D eigenvalue weighted by Crippen LogP contribution is 2.19. The van der Waals surface area contributed by atoms with Crippen molar-refractivity contribution in [1.29, 1.82) is 0 Å². The van der Waals surface area contributed by atoms with Crippen LogP contribution in [0, 0.1) is 0 Å². The number of nitrogens with one attached hydrogen (secondary N) is 1. The van der Waals surface area contributed by atoms with Crippen LogP contribution in [-0.4, -0.2) is 28.8 Å². The molecule has 3 aromatic rings. The van der Waals surface area contributed by atoms with Crippen LogP contribution in [0.3, 0.4) is 0 Å². The molecule has 0 aliphatic carbocycles. The second kappa shape index (κ2) is 7.07. The van der Waals surface area contributed by atoms with Gasteiger partial charge >= 0.3 is 0 Å². The number of hydrogen-bond acceptors (Lipinski definition) is 3. The Morgan fingerprint density at radius 2 is 2.08 bits per heavy atom. The molecule has 25 heavy (non-hydrogen) atoms. The quantitative estimate of drug-likeness (QED) is 0.779. The van der Waals surface area contributed by atoms with E-state index in [4.69, 9.17) is 4.74 Å². The van der Waals surface area contributed by atoms with Gasteiger partial charge in [0.1, 0.15) is 0 Å². The van der Waals surface area contributed by atoms with Gasteiger partial charge in [0.15, 0.2) is 0 Å². The summed E-state index contributed by atoms with van der Waals surface area (Å²) in [5.74, 6) is 0.0423. The van der Waals surface area contributed by atoms with Gasteiger partial charge in [0.25, 0.3) is 0 Å². The van der Waals surface area contributed by atoms with Crippen LogP contribution < -0.4 is 5.32 Å². The standard InChI is InChI=1S/C20H21N3O2/c24-20(12-16-6-3-5-15-4-1-2-7-18(15)16)21-9-10-23-19-8-11-25-14-17(19)13-22-23/h1-7,13H,8-12,14H2,(H,21,24). The zero-order chi connectivity index (χ0) is 17.1. The number of hydrogen-bond donors (Lipinski definition) is 1. The predicted octanol–water partition coefficient (Wildman–Crippen LogP) is 2.47. The highest BCUT2D eigenvalue weighted by atomic mass is 16.5. The number of amides is 1. The monoisotopic (exact) mass is 335 g/mol. The van der Waals surface area contributed by atoms with E-state index < -0.39 is 0 Å². The molecule has 2 heterocycles. The Kier molecular flexibility index (Phi) is 4.48. The van der Waals surface area contributed by atoms with Crippen LogP contribution in [0.25, 0.3) is 10.8 Å². The highest BCUT2D eigenvalue weighted by Gasteiger charge is 2.15. The van der Waals surface area contributed by atoms with E-state index in [0.29, 0.717) is 26.1 Å². The van der Waals surface area contributed by atoms with Crippen LogP contribution in [0.1, 0.15) is 16.8 Å². The lowest BCUT2D eigenvalue weighted by atomic mass is 10.0. The van der Waals surface area contributed by atoms with Crippen molar-refractivity contribution in [2.45, 2.75) is 26.0 Å². The number of fused-ring (bicyclic) bond motifs is 2. The second-order valence-electron chi connectivity index (χ2n) is 6.31. The molecule has 128 valence electrons. The van der Waals surface area contributed by atoms with Gasteiger partial charge in [0.05, 0.1) is 32.4 Å². The van der Waals surface area contributed by atoms with Gasteiger partial charge in [-0.25, -0.2) is 0 Å². The van der Waals surface area contributed by atoms with E-state index >= 15 is 0 Å². The molecule has 5 heteroatoms. The summed E-state index contributed by atoms with van der Waals surface area (Å²) in [6.45, 7) is 2.66. The van der Waals surface area contributed by atoms with Crippen molar-refractivity contribution in [3.05, 3.63) is 65.5 Å². The van der Waals surface area contributed by atoms with Gasteiger partial charge < -0.3 is 10.1 Å². The molecular weight excluding hydrogens is 314 g/mol. The van der Waals surface area contributed by atoms with Crippen LogP contribution in [0.2, 0.25) is 0 Å². The Balaban J connectivity index is 1.36. The number of benzene rings is 2. The fourth-order valence-corrected chi connectivity index (χ4v) is 3.39. The Labute approximate surface area is 146 Å². The van der Waals surface area contributed by atoms with Crippen molar-refractivity contribution >= 4 is 16.7 Å². The highest BCUT2D eigenvalue weighted by molar-refractivity contribution is 5.90. The van der Waals surface area contributed by atoms with E-state index in [1.54, 1.807) is 0 Å². The minimum atomic E-state index is 0.0423. The molecule has 0 unspecified atom stereocenters. The molecule has 0 spiro atoms. The topological polar surface area (TPSA) is 56.2 Å². The van der Waals surface area contributed by atoms with Crippen molar-refractivity contribution in [1.82, 2.24) is 15.1 Å². The van der Waals surface area contributed by atoms with Gasteiger partial charge in [0, 0.05) is 24.2 Å². The van der Waals surface area contributed by atoms with E-state index in [2.05, 4.69) is 28.6 Å². The number of carbonyl (C=O) groups excluding carboxylic acids is 1. The maximum atomic E-state index is 12.3. The zero-order valence-corrected chi connectivity index (χ0v) is 14.1. The van der Waals surface area contributed by atoms with E-state index in [-0.39, 0.29) is 5.91 Å². The van der Waals surface area contributed by atoms with E-state index in [1.807, 2.05) is 35.1 Å². The lowest BCUT2D eigenvalue weighted by Gasteiger charge is -2.15. The van der Waals surface area contributed by atoms with Crippen molar-refractivity contribution < 1.29 is 9.53 Å². The molecule has 0 fully saturated rings. The Bertz CT molecular complexity index is 896. The third kappa shape index (κ3) is 3.42. The Morgan fingerprint density at radius 3 is 3.04 bits per heavy atom. The van der Waals surface area contributed by atoms with E-state index in [0.717, 1.165) is 34.9 Å². The maximum absolute atomic E-state index is 12.3.